The van der Waals surface area contributed by atoms with E-state index in [9.17, 15) is 4.79 Å². The molecule has 3 rings (SSSR count). The predicted molar refractivity (Wildman–Crippen MR) is 90.6 cm³/mol. The molecule has 0 unspecified atom stereocenters. The smallest absolute Gasteiger partial charge is 0.229 e. The monoisotopic (exact) mass is 331 g/mol. The maximum absolute atomic E-state index is 12.7. The van der Waals surface area contributed by atoms with Crippen LogP contribution in [0.2, 0.25) is 0 Å². The molecule has 1 fully saturated rings. The molecule has 0 saturated carbocycles. The number of carbonyl (C=O) groups is 1. The van der Waals surface area contributed by atoms with Gasteiger partial charge < -0.3 is 9.80 Å². The van der Waals surface area contributed by atoms with Crippen molar-refractivity contribution in [1.29, 1.82) is 0 Å². The van der Waals surface area contributed by atoms with Crippen LogP contribution in [0, 0.1) is 6.92 Å². The van der Waals surface area contributed by atoms with Gasteiger partial charge in [-0.05, 0) is 19.8 Å². The number of carbonyl (C=O) groups excluding carboxylic acids is 1. The Balaban J connectivity index is 1.77. The topological polar surface area (TPSA) is 62.2 Å². The highest BCUT2D eigenvalue weighted by atomic mass is 32.1. The average Bonchev–Trinajstić information content (AvgIpc) is 3.16. The number of hydrogen-bond acceptors (Lipinski definition) is 6. The summed E-state index contributed by atoms with van der Waals surface area (Å²) in [5.41, 5.74) is 1.73. The second kappa shape index (κ2) is 6.62. The van der Waals surface area contributed by atoms with Crippen LogP contribution in [0.3, 0.4) is 0 Å². The fourth-order valence-corrected chi connectivity index (χ4v) is 3.48. The molecule has 122 valence electrons. The van der Waals surface area contributed by atoms with Crippen molar-refractivity contribution in [3.63, 3.8) is 0 Å². The number of hydrogen-bond donors (Lipinski definition) is 0. The molecule has 1 atom stereocenters. The summed E-state index contributed by atoms with van der Waals surface area (Å²) in [5.74, 6) is 0.937. The zero-order valence-corrected chi connectivity index (χ0v) is 14.5. The van der Waals surface area contributed by atoms with Crippen molar-refractivity contribution in [2.24, 2.45) is 0 Å². The van der Waals surface area contributed by atoms with Crippen LogP contribution in [0.4, 0.5) is 5.82 Å². The molecular formula is C16H21N5OS. The number of likely N-dealkylation sites (tertiary alicyclic amines) is 1. The summed E-state index contributed by atoms with van der Waals surface area (Å²) < 4.78 is 0. The maximum Gasteiger partial charge on any atom is 0.229 e. The van der Waals surface area contributed by atoms with Gasteiger partial charge >= 0.3 is 0 Å². The van der Waals surface area contributed by atoms with Gasteiger partial charge in [-0.25, -0.2) is 9.97 Å². The van der Waals surface area contributed by atoms with E-state index in [0.717, 1.165) is 41.6 Å². The second-order valence-corrected chi connectivity index (χ2v) is 7.04. The Morgan fingerprint density at radius 3 is 2.91 bits per heavy atom. The number of amides is 1. The summed E-state index contributed by atoms with van der Waals surface area (Å²) in [6.45, 7) is 2.74. The Morgan fingerprint density at radius 1 is 1.39 bits per heavy atom. The van der Waals surface area contributed by atoms with Crippen molar-refractivity contribution >= 4 is 23.1 Å². The third kappa shape index (κ3) is 3.50. The number of rotatable bonds is 4. The molecule has 0 N–H and O–H groups in total. The van der Waals surface area contributed by atoms with Gasteiger partial charge in [-0.3, -0.25) is 9.78 Å². The van der Waals surface area contributed by atoms with Gasteiger partial charge in [-0.15, -0.1) is 11.3 Å². The Morgan fingerprint density at radius 2 is 2.22 bits per heavy atom. The van der Waals surface area contributed by atoms with Gasteiger partial charge in [0.1, 0.15) is 5.82 Å². The van der Waals surface area contributed by atoms with Crippen LogP contribution in [0.1, 0.15) is 35.3 Å². The van der Waals surface area contributed by atoms with E-state index in [1.165, 1.54) is 0 Å². The number of thiazole rings is 1. The highest BCUT2D eigenvalue weighted by molar-refractivity contribution is 7.09. The van der Waals surface area contributed by atoms with Crippen LogP contribution >= 0.6 is 11.3 Å². The Bertz CT molecular complexity index is 699. The lowest BCUT2D eigenvalue weighted by molar-refractivity contribution is -0.131. The van der Waals surface area contributed by atoms with Gasteiger partial charge in [0.25, 0.3) is 0 Å². The van der Waals surface area contributed by atoms with Crippen LogP contribution in [-0.2, 0) is 11.2 Å². The Kier molecular flexibility index (Phi) is 4.56. The van der Waals surface area contributed by atoms with E-state index in [1.807, 2.05) is 36.2 Å². The first kappa shape index (κ1) is 15.9. The lowest BCUT2D eigenvalue weighted by Crippen LogP contribution is -2.32. The lowest BCUT2D eigenvalue weighted by atomic mass is 10.1. The largest absolute Gasteiger partial charge is 0.361 e. The molecule has 0 aliphatic carbocycles. The zero-order chi connectivity index (χ0) is 16.4. The Labute approximate surface area is 140 Å². The molecular weight excluding hydrogens is 310 g/mol. The molecule has 2 aromatic heterocycles. The predicted octanol–water partition coefficient (Wildman–Crippen LogP) is 2.21. The number of aryl methyl sites for hydroxylation is 1. The molecule has 0 spiro atoms. The summed E-state index contributed by atoms with van der Waals surface area (Å²) in [4.78, 5) is 29.8. The highest BCUT2D eigenvalue weighted by Gasteiger charge is 2.31. The number of aromatic nitrogens is 3. The van der Waals surface area contributed by atoms with Gasteiger partial charge in [-0.1, -0.05) is 0 Å². The van der Waals surface area contributed by atoms with Gasteiger partial charge in [0, 0.05) is 26.0 Å². The van der Waals surface area contributed by atoms with E-state index in [4.69, 9.17) is 0 Å². The first-order valence-corrected chi connectivity index (χ1v) is 8.62. The van der Waals surface area contributed by atoms with E-state index < -0.39 is 0 Å². The molecule has 7 heteroatoms. The summed E-state index contributed by atoms with van der Waals surface area (Å²) in [6.07, 6.45) is 5.81. The zero-order valence-electron chi connectivity index (χ0n) is 13.7. The highest BCUT2D eigenvalue weighted by Crippen LogP contribution is 2.31. The normalized spacial score (nSPS) is 17.5. The van der Waals surface area contributed by atoms with E-state index in [-0.39, 0.29) is 11.9 Å². The molecule has 1 aliphatic heterocycles. The van der Waals surface area contributed by atoms with E-state index >= 15 is 0 Å². The van der Waals surface area contributed by atoms with E-state index in [0.29, 0.717) is 6.42 Å². The standard InChI is InChI=1S/C16H21N5OS/c1-11-18-12(10-23-11)7-16(22)21-6-4-5-14(21)13-8-17-9-15(19-13)20(2)3/h8-10,14H,4-7H2,1-3H3/t14-/m0/s1. The van der Waals surface area contributed by atoms with Crippen molar-refractivity contribution in [2.75, 3.05) is 25.5 Å². The summed E-state index contributed by atoms with van der Waals surface area (Å²) in [6, 6.07) is 0.0228. The molecule has 0 radical (unpaired) electrons. The van der Waals surface area contributed by atoms with Gasteiger partial charge in [0.15, 0.2) is 0 Å². The molecule has 2 aromatic rings. The van der Waals surface area contributed by atoms with Crippen LogP contribution in [0.5, 0.6) is 0 Å². The summed E-state index contributed by atoms with van der Waals surface area (Å²) in [5, 5.41) is 2.96. The first-order chi connectivity index (χ1) is 11.0. The minimum absolute atomic E-state index is 0.0228. The molecule has 0 aromatic carbocycles. The van der Waals surface area contributed by atoms with Gasteiger partial charge in [-0.2, -0.15) is 0 Å². The summed E-state index contributed by atoms with van der Waals surface area (Å²) >= 11 is 1.58. The van der Waals surface area contributed by atoms with Crippen molar-refractivity contribution in [1.82, 2.24) is 19.9 Å². The lowest BCUT2D eigenvalue weighted by Gasteiger charge is -2.24. The van der Waals surface area contributed by atoms with Crippen LogP contribution < -0.4 is 4.90 Å². The van der Waals surface area contributed by atoms with Crippen molar-refractivity contribution in [3.05, 3.63) is 34.2 Å². The molecule has 1 saturated heterocycles. The van der Waals surface area contributed by atoms with E-state index in [1.54, 1.807) is 23.7 Å². The van der Waals surface area contributed by atoms with Crippen LogP contribution in [0.25, 0.3) is 0 Å². The van der Waals surface area contributed by atoms with Crippen LogP contribution in [-0.4, -0.2) is 46.4 Å². The first-order valence-electron chi connectivity index (χ1n) is 7.74. The summed E-state index contributed by atoms with van der Waals surface area (Å²) in [7, 11) is 3.88. The maximum atomic E-state index is 12.7. The second-order valence-electron chi connectivity index (χ2n) is 5.98. The molecule has 23 heavy (non-hydrogen) atoms. The fourth-order valence-electron chi connectivity index (χ4n) is 2.86. The van der Waals surface area contributed by atoms with E-state index in [2.05, 4.69) is 15.0 Å². The average molecular weight is 331 g/mol. The molecule has 0 bridgehead atoms. The quantitative estimate of drug-likeness (QED) is 0.859. The number of anilines is 1. The minimum atomic E-state index is 0.0228. The van der Waals surface area contributed by atoms with Crippen molar-refractivity contribution < 1.29 is 4.79 Å². The number of nitrogens with zero attached hydrogens (tertiary/aromatic N) is 5. The Hall–Kier alpha value is -2.02. The molecule has 1 aliphatic rings. The molecule has 6 nitrogen and oxygen atoms in total. The van der Waals surface area contributed by atoms with Crippen LogP contribution in [0.15, 0.2) is 17.8 Å². The van der Waals surface area contributed by atoms with Gasteiger partial charge in [0.05, 0.1) is 41.3 Å². The SMILES string of the molecule is Cc1nc(CC(=O)N2CCC[C@H]2c2cncc(N(C)C)n2)cs1. The fraction of sp³-hybridized carbons (Fsp3) is 0.500. The molecule has 1 amide bonds. The third-order valence-corrected chi connectivity index (χ3v) is 4.83. The van der Waals surface area contributed by atoms with Crippen molar-refractivity contribution in [3.8, 4) is 0 Å². The van der Waals surface area contributed by atoms with Gasteiger partial charge in [0.2, 0.25) is 5.91 Å². The van der Waals surface area contributed by atoms with Crippen molar-refractivity contribution in [2.45, 2.75) is 32.2 Å². The molecule has 3 heterocycles. The minimum Gasteiger partial charge on any atom is -0.361 e. The third-order valence-electron chi connectivity index (χ3n) is 4.01.